The van der Waals surface area contributed by atoms with Crippen molar-refractivity contribution in [2.24, 2.45) is 0 Å². The van der Waals surface area contributed by atoms with Crippen molar-refractivity contribution in [2.75, 3.05) is 11.9 Å². The van der Waals surface area contributed by atoms with Crippen LogP contribution in [0.2, 0.25) is 5.02 Å². The van der Waals surface area contributed by atoms with E-state index in [0.29, 0.717) is 17.1 Å². The first kappa shape index (κ1) is 21.2. The van der Waals surface area contributed by atoms with Gasteiger partial charge in [0, 0.05) is 23.9 Å². The van der Waals surface area contributed by atoms with E-state index in [0.717, 1.165) is 11.4 Å². The van der Waals surface area contributed by atoms with Crippen LogP contribution in [-0.2, 0) is 9.53 Å². The lowest BCUT2D eigenvalue weighted by molar-refractivity contribution is -0.114. The lowest BCUT2D eigenvalue weighted by Gasteiger charge is -2.09. The van der Waals surface area contributed by atoms with E-state index in [2.05, 4.69) is 15.4 Å². The molecule has 0 radical (unpaired) electrons. The second-order valence-electron chi connectivity index (χ2n) is 6.60. The number of hydrogen-bond donors (Lipinski definition) is 1. The molecule has 0 atom stereocenters. The molecule has 1 N–H and O–H groups in total. The zero-order valence-electron chi connectivity index (χ0n) is 16.6. The van der Waals surface area contributed by atoms with Gasteiger partial charge in [-0.25, -0.2) is 14.5 Å². The molecule has 30 heavy (non-hydrogen) atoms. The Bertz CT molecular complexity index is 1120. The summed E-state index contributed by atoms with van der Waals surface area (Å²) >= 11 is 6.10. The number of pyridine rings is 1. The van der Waals surface area contributed by atoms with Crippen LogP contribution in [0, 0.1) is 13.8 Å². The third-order valence-corrected chi connectivity index (χ3v) is 4.42. The molecule has 8 nitrogen and oxygen atoms in total. The summed E-state index contributed by atoms with van der Waals surface area (Å²) in [7, 11) is 0. The van der Waals surface area contributed by atoms with Crippen molar-refractivity contribution in [1.29, 1.82) is 0 Å². The predicted octanol–water partition coefficient (Wildman–Crippen LogP) is 3.54. The minimum Gasteiger partial charge on any atom is -0.453 e. The Kier molecular flexibility index (Phi) is 6.27. The van der Waals surface area contributed by atoms with E-state index >= 15 is 0 Å². The molecule has 9 heteroatoms. The van der Waals surface area contributed by atoms with Crippen LogP contribution in [0.3, 0.4) is 0 Å². The maximum atomic E-state index is 12.5. The summed E-state index contributed by atoms with van der Waals surface area (Å²) in [5.41, 5.74) is 2.46. The molecule has 0 spiro atoms. The van der Waals surface area contributed by atoms with E-state index in [1.807, 2.05) is 19.9 Å². The van der Waals surface area contributed by atoms with Crippen molar-refractivity contribution in [2.45, 2.75) is 20.8 Å². The first-order valence-electron chi connectivity index (χ1n) is 9.03. The lowest BCUT2D eigenvalue weighted by atomic mass is 10.1. The molecule has 0 fully saturated rings. The van der Waals surface area contributed by atoms with E-state index < -0.39 is 18.4 Å². The zero-order valence-corrected chi connectivity index (χ0v) is 17.4. The van der Waals surface area contributed by atoms with Crippen molar-refractivity contribution in [3.05, 3.63) is 70.1 Å². The van der Waals surface area contributed by atoms with Crippen molar-refractivity contribution in [3.8, 4) is 5.82 Å². The highest BCUT2D eigenvalue weighted by Crippen LogP contribution is 2.19. The molecule has 0 aliphatic carbocycles. The second-order valence-corrected chi connectivity index (χ2v) is 7.00. The van der Waals surface area contributed by atoms with Gasteiger partial charge in [0.2, 0.25) is 5.91 Å². The minimum absolute atomic E-state index is 0.101. The van der Waals surface area contributed by atoms with Gasteiger partial charge in [0.1, 0.15) is 0 Å². The molecular weight excluding hydrogens is 408 g/mol. The van der Waals surface area contributed by atoms with Crippen LogP contribution in [0.1, 0.15) is 39.2 Å². The topological polar surface area (TPSA) is 103 Å². The van der Waals surface area contributed by atoms with Gasteiger partial charge in [-0.05, 0) is 56.3 Å². The van der Waals surface area contributed by atoms with Crippen molar-refractivity contribution < 1.29 is 19.1 Å². The van der Waals surface area contributed by atoms with Gasteiger partial charge in [-0.3, -0.25) is 9.59 Å². The molecule has 0 saturated carbocycles. The largest absolute Gasteiger partial charge is 0.453 e. The molecular formula is C21H19ClN4O4. The molecule has 1 aromatic carbocycles. The van der Waals surface area contributed by atoms with E-state index in [1.165, 1.54) is 25.1 Å². The van der Waals surface area contributed by atoms with Crippen molar-refractivity contribution in [1.82, 2.24) is 14.8 Å². The Morgan fingerprint density at radius 3 is 2.40 bits per heavy atom. The molecule has 0 aliphatic heterocycles. The maximum Gasteiger partial charge on any atom is 0.359 e. The Balaban J connectivity index is 1.70. The van der Waals surface area contributed by atoms with Gasteiger partial charge < -0.3 is 10.1 Å². The number of halogens is 1. The highest BCUT2D eigenvalue weighted by Gasteiger charge is 2.18. The SMILES string of the molecule is CC(=O)Nc1ccc(C(=O)COC(=O)c2nc(-n3nc(C)cc3C)ccc2Cl)cc1. The summed E-state index contributed by atoms with van der Waals surface area (Å²) in [4.78, 5) is 40.1. The molecule has 2 aromatic heterocycles. The number of ketones is 1. The molecule has 0 saturated heterocycles. The number of rotatable bonds is 6. The zero-order chi connectivity index (χ0) is 21.8. The molecule has 0 aliphatic rings. The third kappa shape index (κ3) is 4.90. The predicted molar refractivity (Wildman–Crippen MR) is 111 cm³/mol. The number of nitrogens with one attached hydrogen (secondary N) is 1. The number of aromatic nitrogens is 3. The Morgan fingerprint density at radius 1 is 1.10 bits per heavy atom. The average molecular weight is 427 g/mol. The fourth-order valence-electron chi connectivity index (χ4n) is 2.78. The van der Waals surface area contributed by atoms with Crippen LogP contribution in [0.25, 0.3) is 5.82 Å². The molecule has 2 heterocycles. The number of carbonyl (C=O) groups excluding carboxylic acids is 3. The van der Waals surface area contributed by atoms with Gasteiger partial charge in [-0.1, -0.05) is 11.6 Å². The number of hydrogen-bond acceptors (Lipinski definition) is 6. The van der Waals surface area contributed by atoms with Gasteiger partial charge in [0.15, 0.2) is 23.9 Å². The maximum absolute atomic E-state index is 12.5. The summed E-state index contributed by atoms with van der Waals surface area (Å²) in [6.45, 7) is 4.63. The van der Waals surface area contributed by atoms with Crippen molar-refractivity contribution >= 4 is 34.9 Å². The fourth-order valence-corrected chi connectivity index (χ4v) is 2.96. The van der Waals surface area contributed by atoms with Gasteiger partial charge in [-0.15, -0.1) is 0 Å². The quantitative estimate of drug-likeness (QED) is 0.477. The van der Waals surface area contributed by atoms with Gasteiger partial charge in [-0.2, -0.15) is 5.10 Å². The number of carbonyl (C=O) groups is 3. The summed E-state index contributed by atoms with van der Waals surface area (Å²) in [6.07, 6.45) is 0. The smallest absolute Gasteiger partial charge is 0.359 e. The number of nitrogens with zero attached hydrogens (tertiary/aromatic N) is 3. The Labute approximate surface area is 177 Å². The Morgan fingerprint density at radius 2 is 1.80 bits per heavy atom. The summed E-state index contributed by atoms with van der Waals surface area (Å²) in [6, 6.07) is 11.3. The highest BCUT2D eigenvalue weighted by molar-refractivity contribution is 6.33. The van der Waals surface area contributed by atoms with Crippen LogP contribution in [0.5, 0.6) is 0 Å². The first-order valence-corrected chi connectivity index (χ1v) is 9.40. The van der Waals surface area contributed by atoms with Crippen LogP contribution in [0.15, 0.2) is 42.5 Å². The first-order chi connectivity index (χ1) is 14.2. The summed E-state index contributed by atoms with van der Waals surface area (Å²) < 4.78 is 6.70. The summed E-state index contributed by atoms with van der Waals surface area (Å²) in [5.74, 6) is -1.01. The number of Topliss-reactive ketones (excluding diaryl/α,β-unsaturated/α-hetero) is 1. The van der Waals surface area contributed by atoms with E-state index in [1.54, 1.807) is 22.9 Å². The van der Waals surface area contributed by atoms with E-state index in [9.17, 15) is 14.4 Å². The minimum atomic E-state index is -0.813. The number of benzene rings is 1. The second kappa shape index (κ2) is 8.87. The van der Waals surface area contributed by atoms with Crippen LogP contribution < -0.4 is 5.32 Å². The Hall–Kier alpha value is -3.52. The van der Waals surface area contributed by atoms with E-state index in [-0.39, 0.29) is 16.6 Å². The number of esters is 1. The van der Waals surface area contributed by atoms with Crippen LogP contribution in [0.4, 0.5) is 5.69 Å². The number of ether oxygens (including phenoxy) is 1. The third-order valence-electron chi connectivity index (χ3n) is 4.11. The molecule has 1 amide bonds. The highest BCUT2D eigenvalue weighted by atomic mass is 35.5. The standard InChI is InChI=1S/C21H19ClN4O4/c1-12-10-13(2)26(25-12)19-9-8-17(22)20(24-19)21(29)30-11-18(28)15-4-6-16(7-5-15)23-14(3)27/h4-10H,11H2,1-3H3,(H,23,27). The molecule has 154 valence electrons. The van der Waals surface area contributed by atoms with E-state index in [4.69, 9.17) is 16.3 Å². The normalized spacial score (nSPS) is 10.5. The van der Waals surface area contributed by atoms with Gasteiger partial charge in [0.25, 0.3) is 0 Å². The molecule has 3 aromatic rings. The lowest BCUT2D eigenvalue weighted by Crippen LogP contribution is -2.16. The van der Waals surface area contributed by atoms with Gasteiger partial charge >= 0.3 is 5.97 Å². The van der Waals surface area contributed by atoms with Crippen molar-refractivity contribution in [3.63, 3.8) is 0 Å². The monoisotopic (exact) mass is 426 g/mol. The van der Waals surface area contributed by atoms with Crippen LogP contribution in [-0.4, -0.2) is 39.0 Å². The van der Waals surface area contributed by atoms with Crippen LogP contribution >= 0.6 is 11.6 Å². The number of anilines is 1. The number of amides is 1. The number of aryl methyl sites for hydroxylation is 2. The summed E-state index contributed by atoms with van der Waals surface area (Å²) in [5, 5.41) is 7.04. The molecule has 0 unspecified atom stereocenters. The van der Waals surface area contributed by atoms with Gasteiger partial charge in [0.05, 0.1) is 10.7 Å². The average Bonchev–Trinajstić information content (AvgIpc) is 3.04. The fraction of sp³-hybridized carbons (Fsp3) is 0.190. The molecule has 3 rings (SSSR count). The molecule has 0 bridgehead atoms.